The van der Waals surface area contributed by atoms with E-state index in [9.17, 15) is 4.79 Å². The first-order chi connectivity index (χ1) is 12.3. The molecule has 2 fully saturated rings. The number of nitrogens with zero attached hydrogens (tertiary/aromatic N) is 1. The van der Waals surface area contributed by atoms with E-state index >= 15 is 0 Å². The maximum absolute atomic E-state index is 12.9. The maximum Gasteiger partial charge on any atom is 0.289 e. The second kappa shape index (κ2) is 8.14. The van der Waals surface area contributed by atoms with Crippen molar-refractivity contribution in [3.05, 3.63) is 54.0 Å². The van der Waals surface area contributed by atoms with E-state index in [1.807, 2.05) is 41.3 Å². The Bertz CT molecular complexity index is 716. The van der Waals surface area contributed by atoms with E-state index in [0.717, 1.165) is 50.3 Å². The Morgan fingerprint density at radius 3 is 2.62 bits per heavy atom. The Morgan fingerprint density at radius 1 is 1.15 bits per heavy atom. The predicted molar refractivity (Wildman–Crippen MR) is 102 cm³/mol. The fourth-order valence-electron chi connectivity index (χ4n) is 3.86. The monoisotopic (exact) mass is 376 g/mol. The molecule has 0 atom stereocenters. The van der Waals surface area contributed by atoms with E-state index in [0.29, 0.717) is 17.8 Å². The van der Waals surface area contributed by atoms with Gasteiger partial charge in [0.15, 0.2) is 5.76 Å². The number of para-hydroxylation sites is 1. The first-order valence-corrected chi connectivity index (χ1v) is 9.00. The molecule has 5 nitrogen and oxygen atoms in total. The number of rotatable bonds is 4. The molecule has 4 rings (SSSR count). The highest BCUT2D eigenvalue weighted by Gasteiger charge is 2.38. The third-order valence-corrected chi connectivity index (χ3v) is 5.52. The molecule has 0 bridgehead atoms. The van der Waals surface area contributed by atoms with Crippen LogP contribution < -0.4 is 10.1 Å². The summed E-state index contributed by atoms with van der Waals surface area (Å²) in [7, 11) is 0. The zero-order chi connectivity index (χ0) is 17.1. The molecule has 140 valence electrons. The highest BCUT2D eigenvalue weighted by molar-refractivity contribution is 5.93. The minimum Gasteiger partial charge on any atom is -0.489 e. The average molecular weight is 377 g/mol. The number of hydrogen-bond donors (Lipinski definition) is 1. The van der Waals surface area contributed by atoms with Gasteiger partial charge in [-0.25, -0.2) is 0 Å². The average Bonchev–Trinajstić information content (AvgIpc) is 3.31. The van der Waals surface area contributed by atoms with Crippen molar-refractivity contribution in [2.75, 3.05) is 26.2 Å². The van der Waals surface area contributed by atoms with Gasteiger partial charge in [-0.3, -0.25) is 4.79 Å². The molecule has 1 aromatic carbocycles. The lowest BCUT2D eigenvalue weighted by Gasteiger charge is -2.38. The minimum absolute atomic E-state index is 0. The van der Waals surface area contributed by atoms with Gasteiger partial charge in [-0.2, -0.15) is 0 Å². The lowest BCUT2D eigenvalue weighted by Crippen LogP contribution is -2.44. The first-order valence-electron chi connectivity index (χ1n) is 9.00. The highest BCUT2D eigenvalue weighted by Crippen LogP contribution is 2.37. The molecule has 2 aromatic rings. The number of carbonyl (C=O) groups is 1. The largest absolute Gasteiger partial charge is 0.489 e. The molecule has 26 heavy (non-hydrogen) atoms. The molecule has 1 spiro atoms. The van der Waals surface area contributed by atoms with Gasteiger partial charge in [0.2, 0.25) is 0 Å². The van der Waals surface area contributed by atoms with Gasteiger partial charge in [0.25, 0.3) is 5.91 Å². The zero-order valence-electron chi connectivity index (χ0n) is 14.8. The van der Waals surface area contributed by atoms with Gasteiger partial charge in [0.05, 0.1) is 6.26 Å². The van der Waals surface area contributed by atoms with Crippen molar-refractivity contribution in [1.82, 2.24) is 10.2 Å². The van der Waals surface area contributed by atoms with Crippen LogP contribution in [0.15, 0.2) is 47.1 Å². The molecule has 6 heteroatoms. The molecule has 1 amide bonds. The number of carbonyl (C=O) groups excluding carboxylic acids is 1. The Morgan fingerprint density at radius 2 is 1.92 bits per heavy atom. The SMILES string of the molecule is Cl.O=C(c1occc1COc1ccccc1)N1CCC2(CCNC2)CC1. The number of hydrogen-bond acceptors (Lipinski definition) is 4. The van der Waals surface area contributed by atoms with Crippen LogP contribution in [-0.4, -0.2) is 37.0 Å². The Kier molecular flexibility index (Phi) is 5.89. The smallest absolute Gasteiger partial charge is 0.289 e. The molecular weight excluding hydrogens is 352 g/mol. The summed E-state index contributed by atoms with van der Waals surface area (Å²) in [5.41, 5.74) is 1.20. The fraction of sp³-hybridized carbons (Fsp3) is 0.450. The number of benzene rings is 1. The maximum atomic E-state index is 12.9. The van der Waals surface area contributed by atoms with Crippen LogP contribution in [0, 0.1) is 5.41 Å². The van der Waals surface area contributed by atoms with Crippen LogP contribution in [0.5, 0.6) is 5.75 Å². The lowest BCUT2D eigenvalue weighted by molar-refractivity contribution is 0.0573. The summed E-state index contributed by atoms with van der Waals surface area (Å²) >= 11 is 0. The minimum atomic E-state index is -0.0162. The van der Waals surface area contributed by atoms with Crippen LogP contribution in [-0.2, 0) is 6.61 Å². The molecule has 1 N–H and O–H groups in total. The molecule has 0 radical (unpaired) electrons. The van der Waals surface area contributed by atoms with Crippen molar-refractivity contribution in [1.29, 1.82) is 0 Å². The number of piperidine rings is 1. The van der Waals surface area contributed by atoms with Crippen molar-refractivity contribution in [3.63, 3.8) is 0 Å². The van der Waals surface area contributed by atoms with E-state index in [-0.39, 0.29) is 18.3 Å². The topological polar surface area (TPSA) is 54.7 Å². The molecule has 0 saturated carbocycles. The molecule has 0 aliphatic carbocycles. The Balaban J connectivity index is 0.00000196. The van der Waals surface area contributed by atoms with Crippen LogP contribution in [0.2, 0.25) is 0 Å². The van der Waals surface area contributed by atoms with Gasteiger partial charge >= 0.3 is 0 Å². The summed E-state index contributed by atoms with van der Waals surface area (Å²) in [5, 5.41) is 3.46. The number of nitrogens with one attached hydrogen (secondary N) is 1. The third-order valence-electron chi connectivity index (χ3n) is 5.52. The van der Waals surface area contributed by atoms with Crippen LogP contribution >= 0.6 is 12.4 Å². The Hall–Kier alpha value is -1.98. The van der Waals surface area contributed by atoms with E-state index in [2.05, 4.69) is 5.32 Å². The molecular formula is C20H25ClN2O3. The molecule has 2 aliphatic rings. The summed E-state index contributed by atoms with van der Waals surface area (Å²) in [6.07, 6.45) is 4.94. The van der Waals surface area contributed by atoms with Crippen molar-refractivity contribution in [2.45, 2.75) is 25.9 Å². The van der Waals surface area contributed by atoms with Crippen LogP contribution in [0.3, 0.4) is 0 Å². The predicted octanol–water partition coefficient (Wildman–Crippen LogP) is 3.50. The molecule has 0 unspecified atom stereocenters. The van der Waals surface area contributed by atoms with Crippen LogP contribution in [0.4, 0.5) is 0 Å². The van der Waals surface area contributed by atoms with Gasteiger partial charge in [-0.15, -0.1) is 12.4 Å². The quantitative estimate of drug-likeness (QED) is 0.887. The normalized spacial score (nSPS) is 18.5. The van der Waals surface area contributed by atoms with Gasteiger partial charge in [-0.05, 0) is 49.4 Å². The zero-order valence-corrected chi connectivity index (χ0v) is 15.6. The second-order valence-electron chi connectivity index (χ2n) is 7.10. The van der Waals surface area contributed by atoms with Gasteiger partial charge < -0.3 is 19.4 Å². The molecule has 2 aliphatic heterocycles. The van der Waals surface area contributed by atoms with E-state index in [1.165, 1.54) is 6.42 Å². The van der Waals surface area contributed by atoms with E-state index in [4.69, 9.17) is 9.15 Å². The number of ether oxygens (including phenoxy) is 1. The van der Waals surface area contributed by atoms with Crippen molar-refractivity contribution in [3.8, 4) is 5.75 Å². The molecule has 3 heterocycles. The van der Waals surface area contributed by atoms with Crippen LogP contribution in [0.1, 0.15) is 35.4 Å². The third kappa shape index (κ3) is 3.89. The highest BCUT2D eigenvalue weighted by atomic mass is 35.5. The lowest BCUT2D eigenvalue weighted by atomic mass is 9.78. The van der Waals surface area contributed by atoms with Gasteiger partial charge in [0.1, 0.15) is 12.4 Å². The van der Waals surface area contributed by atoms with Crippen molar-refractivity contribution >= 4 is 18.3 Å². The summed E-state index contributed by atoms with van der Waals surface area (Å²) < 4.78 is 11.3. The number of likely N-dealkylation sites (tertiary alicyclic amines) is 1. The molecule has 1 aromatic heterocycles. The molecule has 2 saturated heterocycles. The fourth-order valence-corrected chi connectivity index (χ4v) is 3.86. The summed E-state index contributed by atoms with van der Waals surface area (Å²) in [4.78, 5) is 14.8. The summed E-state index contributed by atoms with van der Waals surface area (Å²) in [6.45, 7) is 4.14. The second-order valence-corrected chi connectivity index (χ2v) is 7.10. The van der Waals surface area contributed by atoms with Gasteiger partial charge in [0, 0.05) is 25.2 Å². The van der Waals surface area contributed by atoms with Crippen molar-refractivity contribution in [2.24, 2.45) is 5.41 Å². The standard InChI is InChI=1S/C20H24N2O3.ClH/c23-19(22-11-8-20(9-12-22)7-10-21-15-20)18-16(6-13-24-18)14-25-17-4-2-1-3-5-17;/h1-6,13,21H,7-12,14-15H2;1H. The summed E-state index contributed by atoms with van der Waals surface area (Å²) in [5.74, 6) is 1.18. The van der Waals surface area contributed by atoms with Crippen molar-refractivity contribution < 1.29 is 13.9 Å². The van der Waals surface area contributed by atoms with Crippen LogP contribution in [0.25, 0.3) is 0 Å². The number of halogens is 1. The van der Waals surface area contributed by atoms with Gasteiger partial charge in [-0.1, -0.05) is 18.2 Å². The van der Waals surface area contributed by atoms with E-state index < -0.39 is 0 Å². The van der Waals surface area contributed by atoms with E-state index in [1.54, 1.807) is 6.26 Å². The number of furan rings is 1. The number of amides is 1. The Labute approximate surface area is 160 Å². The summed E-state index contributed by atoms with van der Waals surface area (Å²) in [6, 6.07) is 11.4. The first kappa shape index (κ1) is 18.8.